The van der Waals surface area contributed by atoms with Crippen LogP contribution in [0.5, 0.6) is 5.75 Å². The number of ketones is 2. The van der Waals surface area contributed by atoms with Gasteiger partial charge in [0.1, 0.15) is 17.4 Å². The van der Waals surface area contributed by atoms with Gasteiger partial charge in [-0.15, -0.1) is 0 Å². The number of aromatic hydroxyl groups is 1. The number of anilines is 1. The van der Waals surface area contributed by atoms with Crippen molar-refractivity contribution < 1.29 is 39.2 Å². The first kappa shape index (κ1) is 24.0. The molecule has 36 heavy (non-hydrogen) atoms. The van der Waals surface area contributed by atoms with Gasteiger partial charge in [-0.25, -0.2) is 0 Å². The normalized spacial score (nSPS) is 31.8. The zero-order valence-electron chi connectivity index (χ0n) is 19.6. The quantitative estimate of drug-likeness (QED) is 0.190. The third kappa shape index (κ3) is 3.00. The number of benzene rings is 1. The molecular formula is C25H27N3O8. The molecule has 3 aliphatic rings. The fraction of sp³-hybridized carbons (Fsp3) is 0.400. The van der Waals surface area contributed by atoms with Crippen LogP contribution in [0.25, 0.3) is 16.9 Å². The van der Waals surface area contributed by atoms with Crippen LogP contribution in [0.4, 0.5) is 5.69 Å². The van der Waals surface area contributed by atoms with Gasteiger partial charge in [0.2, 0.25) is 11.7 Å². The lowest BCUT2D eigenvalue weighted by molar-refractivity contribution is -0.184. The number of nitrogen functional groups attached to an aromatic ring is 1. The Morgan fingerprint density at radius 3 is 2.53 bits per heavy atom. The molecule has 0 saturated heterocycles. The highest BCUT2D eigenvalue weighted by molar-refractivity contribution is 6.25. The molecule has 0 spiro atoms. The highest BCUT2D eigenvalue weighted by Crippen LogP contribution is 2.54. The zero-order valence-corrected chi connectivity index (χ0v) is 19.6. The Morgan fingerprint density at radius 1 is 1.25 bits per heavy atom. The number of carbonyl (C=O) groups is 3. The molecule has 0 radical (unpaired) electrons. The van der Waals surface area contributed by atoms with Crippen LogP contribution in [0.15, 0.2) is 34.6 Å². The van der Waals surface area contributed by atoms with Gasteiger partial charge in [-0.05, 0) is 56.1 Å². The SMILES string of the molecule is CN(C)[C@@H]1C(O)C(C(N)=O)C(=O)[C@@]2(O)C(=O)C3=C(O)c4c(O)c(N)cc(-c5ccoc5)c4C[C@H]3C[C@@H]12. The van der Waals surface area contributed by atoms with E-state index in [2.05, 4.69) is 0 Å². The number of phenols is 1. The van der Waals surface area contributed by atoms with Gasteiger partial charge in [0, 0.05) is 23.1 Å². The van der Waals surface area contributed by atoms with E-state index in [9.17, 15) is 34.8 Å². The number of Topliss-reactive ketones (excluding diaryl/α,β-unsaturated/α-hetero) is 2. The smallest absolute Gasteiger partial charge is 0.230 e. The third-order valence-electron chi connectivity index (χ3n) is 7.95. The monoisotopic (exact) mass is 497 g/mol. The van der Waals surface area contributed by atoms with Crippen LogP contribution in [0, 0.1) is 17.8 Å². The van der Waals surface area contributed by atoms with Gasteiger partial charge in [0.25, 0.3) is 0 Å². The van der Waals surface area contributed by atoms with Crippen molar-refractivity contribution in [2.75, 3.05) is 19.8 Å². The van der Waals surface area contributed by atoms with Crippen LogP contribution < -0.4 is 11.5 Å². The second-order valence-corrected chi connectivity index (χ2v) is 10.0. The van der Waals surface area contributed by atoms with Gasteiger partial charge >= 0.3 is 0 Å². The van der Waals surface area contributed by atoms with E-state index in [-0.39, 0.29) is 29.7 Å². The Labute approximate surface area is 205 Å². The molecule has 11 nitrogen and oxygen atoms in total. The summed E-state index contributed by atoms with van der Waals surface area (Å²) >= 11 is 0. The van der Waals surface area contributed by atoms with Crippen LogP contribution in [0.1, 0.15) is 17.5 Å². The molecule has 6 atom stereocenters. The average molecular weight is 498 g/mol. The lowest BCUT2D eigenvalue weighted by atomic mass is 9.54. The maximum Gasteiger partial charge on any atom is 0.230 e. The molecule has 2 fully saturated rings. The van der Waals surface area contributed by atoms with Crippen molar-refractivity contribution >= 4 is 28.9 Å². The molecule has 190 valence electrons. The number of aliphatic hydroxyl groups is 3. The molecular weight excluding hydrogens is 470 g/mol. The van der Waals surface area contributed by atoms with E-state index in [1.807, 2.05) is 0 Å². The molecule has 2 aromatic rings. The lowest BCUT2D eigenvalue weighted by Gasteiger charge is -2.53. The first-order valence-electron chi connectivity index (χ1n) is 11.5. The van der Waals surface area contributed by atoms with E-state index in [1.165, 1.54) is 12.5 Å². The largest absolute Gasteiger partial charge is 0.507 e. The number of hydrogen-bond acceptors (Lipinski definition) is 10. The number of primary amides is 1. The summed E-state index contributed by atoms with van der Waals surface area (Å²) in [7, 11) is 3.20. The van der Waals surface area contributed by atoms with Crippen LogP contribution in [0.3, 0.4) is 0 Å². The Morgan fingerprint density at radius 2 is 1.94 bits per heavy atom. The number of aliphatic hydroxyl groups excluding tert-OH is 2. The fourth-order valence-electron chi connectivity index (χ4n) is 6.37. The lowest BCUT2D eigenvalue weighted by Crippen LogP contribution is -2.73. The first-order chi connectivity index (χ1) is 16.9. The van der Waals surface area contributed by atoms with E-state index >= 15 is 0 Å². The van der Waals surface area contributed by atoms with Crippen molar-refractivity contribution in [3.05, 3.63) is 41.4 Å². The number of furan rings is 1. The number of rotatable bonds is 3. The minimum atomic E-state index is -2.70. The molecule has 3 aliphatic carbocycles. The summed E-state index contributed by atoms with van der Waals surface area (Å²) in [4.78, 5) is 40.8. The number of amides is 1. The number of nitrogens with two attached hydrogens (primary N) is 2. The molecule has 0 aliphatic heterocycles. The summed E-state index contributed by atoms with van der Waals surface area (Å²) in [5.41, 5.74) is 10.1. The summed E-state index contributed by atoms with van der Waals surface area (Å²) in [5, 5.41) is 44.6. The molecule has 1 aromatic carbocycles. The highest BCUT2D eigenvalue weighted by Gasteiger charge is 2.67. The molecule has 8 N–H and O–H groups in total. The second-order valence-electron chi connectivity index (χ2n) is 10.0. The molecule has 2 unspecified atom stereocenters. The predicted molar refractivity (Wildman–Crippen MR) is 126 cm³/mol. The molecule has 0 bridgehead atoms. The molecule has 5 rings (SSSR count). The first-order valence-corrected chi connectivity index (χ1v) is 11.5. The van der Waals surface area contributed by atoms with Crippen LogP contribution >= 0.6 is 0 Å². The summed E-state index contributed by atoms with van der Waals surface area (Å²) in [6, 6.07) is 2.29. The maximum atomic E-state index is 13.8. The Hall–Kier alpha value is -3.67. The second kappa shape index (κ2) is 7.92. The fourth-order valence-corrected chi connectivity index (χ4v) is 6.37. The highest BCUT2D eigenvalue weighted by atomic mass is 16.3. The molecule has 2 saturated carbocycles. The number of phenolic OH excluding ortho intramolecular Hbond substituents is 1. The van der Waals surface area contributed by atoms with E-state index in [0.29, 0.717) is 16.7 Å². The van der Waals surface area contributed by atoms with Gasteiger partial charge in [-0.1, -0.05) is 0 Å². The van der Waals surface area contributed by atoms with Crippen molar-refractivity contribution in [2.24, 2.45) is 23.5 Å². The van der Waals surface area contributed by atoms with Crippen molar-refractivity contribution in [2.45, 2.75) is 30.6 Å². The number of nitrogens with zero attached hydrogens (tertiary/aromatic N) is 1. The summed E-state index contributed by atoms with van der Waals surface area (Å²) < 4.78 is 5.18. The third-order valence-corrected chi connectivity index (χ3v) is 7.95. The van der Waals surface area contributed by atoms with E-state index in [0.717, 1.165) is 0 Å². The number of fused-ring (bicyclic) bond motifs is 3. The minimum absolute atomic E-state index is 0.0359. The van der Waals surface area contributed by atoms with Crippen molar-refractivity contribution in [3.8, 4) is 16.9 Å². The van der Waals surface area contributed by atoms with Crippen LogP contribution in [-0.4, -0.2) is 74.6 Å². The maximum absolute atomic E-state index is 13.8. The number of likely N-dealkylation sites (N-methyl/N-ethyl adjacent to an activating group) is 1. The molecule has 1 aromatic heterocycles. The summed E-state index contributed by atoms with van der Waals surface area (Å²) in [5.74, 6) is -8.02. The number of hydrogen-bond donors (Lipinski definition) is 6. The van der Waals surface area contributed by atoms with Gasteiger partial charge in [-0.2, -0.15) is 0 Å². The van der Waals surface area contributed by atoms with Crippen molar-refractivity contribution in [1.29, 1.82) is 0 Å². The summed E-state index contributed by atoms with van der Waals surface area (Å²) in [6.07, 6.45) is 1.61. The number of carbonyl (C=O) groups excluding carboxylic acids is 3. The molecule has 1 amide bonds. The van der Waals surface area contributed by atoms with Crippen molar-refractivity contribution in [3.63, 3.8) is 0 Å². The van der Waals surface area contributed by atoms with Gasteiger partial charge in [0.05, 0.1) is 29.9 Å². The van der Waals surface area contributed by atoms with E-state index in [1.54, 1.807) is 31.1 Å². The Kier molecular flexibility index (Phi) is 5.29. The minimum Gasteiger partial charge on any atom is -0.507 e. The van der Waals surface area contributed by atoms with Gasteiger partial charge in [-0.3, -0.25) is 14.4 Å². The van der Waals surface area contributed by atoms with Gasteiger partial charge in [0.15, 0.2) is 11.4 Å². The van der Waals surface area contributed by atoms with Crippen LogP contribution in [0.2, 0.25) is 0 Å². The Balaban J connectivity index is 1.73. The van der Waals surface area contributed by atoms with E-state index in [4.69, 9.17) is 15.9 Å². The summed E-state index contributed by atoms with van der Waals surface area (Å²) in [6.45, 7) is 0. The predicted octanol–water partition coefficient (Wildman–Crippen LogP) is -0.0288. The van der Waals surface area contributed by atoms with E-state index < -0.39 is 64.5 Å². The van der Waals surface area contributed by atoms with Gasteiger partial charge < -0.3 is 41.2 Å². The average Bonchev–Trinajstić information content (AvgIpc) is 3.33. The topological polar surface area (TPSA) is 201 Å². The Bertz CT molecular complexity index is 1330. The van der Waals surface area contributed by atoms with Crippen LogP contribution in [-0.2, 0) is 20.8 Å². The molecule has 1 heterocycles. The standard InChI is InChI=1S/C25H27N3O8/c1-28(2)18-13-6-10-5-12-11(9-3-4-36-8-9)7-14(26)19(29)16(12)20(30)15(10)22(32)25(13,35)23(33)17(21(18)31)24(27)34/h3-4,7-8,10,13,17-18,21,29-31,35H,5-6,26H2,1-2H3,(H2,27,34)/t10-,13-,17?,18-,21?,25-/m0/s1. The van der Waals surface area contributed by atoms with Crippen molar-refractivity contribution in [1.82, 2.24) is 4.90 Å². The zero-order chi connectivity index (χ0) is 26.3. The molecule has 11 heteroatoms.